The summed E-state index contributed by atoms with van der Waals surface area (Å²) in [5.41, 5.74) is 3.12. The molecule has 1 amide bonds. The second-order valence-electron chi connectivity index (χ2n) is 7.27. The Kier molecular flexibility index (Phi) is 6.46. The van der Waals surface area contributed by atoms with Crippen LogP contribution in [-0.2, 0) is 29.2 Å². The van der Waals surface area contributed by atoms with Crippen LogP contribution in [0.4, 0.5) is 0 Å². The van der Waals surface area contributed by atoms with Crippen molar-refractivity contribution in [1.29, 1.82) is 0 Å². The quantitative estimate of drug-likeness (QED) is 0.822. The number of ether oxygens (including phenoxy) is 1. The lowest BCUT2D eigenvalue weighted by atomic mass is 10.1. The number of thiazole rings is 1. The smallest absolute Gasteiger partial charge is 0.307 e. The van der Waals surface area contributed by atoms with Gasteiger partial charge in [0, 0.05) is 37.3 Å². The van der Waals surface area contributed by atoms with Crippen molar-refractivity contribution in [1.82, 2.24) is 14.8 Å². The lowest BCUT2D eigenvalue weighted by Crippen LogP contribution is -2.44. The van der Waals surface area contributed by atoms with Crippen LogP contribution in [0.2, 0.25) is 0 Å². The number of hydrogen-bond donors (Lipinski definition) is 1. The summed E-state index contributed by atoms with van der Waals surface area (Å²) in [5, 5.41) is 4.65. The molecule has 1 N–H and O–H groups in total. The zero-order valence-electron chi connectivity index (χ0n) is 16.1. The highest BCUT2D eigenvalue weighted by Gasteiger charge is 2.21. The molecular weight excluding hydrogens is 362 g/mol. The Morgan fingerprint density at radius 3 is 2.41 bits per heavy atom. The van der Waals surface area contributed by atoms with Gasteiger partial charge in [0.1, 0.15) is 6.54 Å². The van der Waals surface area contributed by atoms with E-state index in [0.717, 1.165) is 42.2 Å². The van der Waals surface area contributed by atoms with Crippen LogP contribution in [0.1, 0.15) is 30.7 Å². The van der Waals surface area contributed by atoms with Gasteiger partial charge >= 0.3 is 4.87 Å². The third kappa shape index (κ3) is 5.51. The molecule has 2 atom stereocenters. The van der Waals surface area contributed by atoms with Crippen molar-refractivity contribution >= 4 is 17.2 Å². The normalized spacial score (nSPS) is 20.6. The zero-order chi connectivity index (χ0) is 19.4. The summed E-state index contributed by atoms with van der Waals surface area (Å²) < 4.78 is 7.27. The summed E-state index contributed by atoms with van der Waals surface area (Å²) in [6.45, 7) is 9.39. The molecule has 1 aliphatic rings. The Labute approximate surface area is 163 Å². The van der Waals surface area contributed by atoms with Gasteiger partial charge in [-0.05, 0) is 31.9 Å². The van der Waals surface area contributed by atoms with Crippen LogP contribution in [0.15, 0.2) is 34.4 Å². The lowest BCUT2D eigenvalue weighted by Gasteiger charge is -2.35. The van der Waals surface area contributed by atoms with Crippen molar-refractivity contribution < 1.29 is 9.53 Å². The van der Waals surface area contributed by atoms with E-state index in [2.05, 4.69) is 36.2 Å². The van der Waals surface area contributed by atoms with Gasteiger partial charge in [0.25, 0.3) is 0 Å². The van der Waals surface area contributed by atoms with E-state index < -0.39 is 0 Å². The van der Waals surface area contributed by atoms with Crippen molar-refractivity contribution in [3.8, 4) is 0 Å². The third-order valence-electron chi connectivity index (χ3n) is 4.69. The van der Waals surface area contributed by atoms with Crippen LogP contribution in [0.3, 0.4) is 0 Å². The molecular formula is C20H27N3O3S. The standard InChI is InChI=1S/C20H27N3O3S/c1-14-13-27-20(25)23(14)12-19(24)21-8-17-4-6-18(7-5-17)11-22-9-15(2)26-16(3)10-22/h4-7,13,15-16H,8-12H2,1-3H3,(H,21,24). The topological polar surface area (TPSA) is 63.6 Å². The van der Waals surface area contributed by atoms with Gasteiger partial charge in [-0.1, -0.05) is 35.6 Å². The fourth-order valence-electron chi connectivity index (χ4n) is 3.43. The highest BCUT2D eigenvalue weighted by Crippen LogP contribution is 2.14. The second kappa shape index (κ2) is 8.82. The zero-order valence-corrected chi connectivity index (χ0v) is 16.9. The first-order valence-corrected chi connectivity index (χ1v) is 10.2. The number of nitrogens with one attached hydrogen (secondary N) is 1. The molecule has 2 heterocycles. The summed E-state index contributed by atoms with van der Waals surface area (Å²) >= 11 is 1.12. The minimum Gasteiger partial charge on any atom is -0.373 e. The summed E-state index contributed by atoms with van der Waals surface area (Å²) in [6, 6.07) is 8.31. The van der Waals surface area contributed by atoms with E-state index in [1.54, 1.807) is 5.38 Å². The van der Waals surface area contributed by atoms with Crippen LogP contribution in [0, 0.1) is 6.92 Å². The number of nitrogens with zero attached hydrogens (tertiary/aromatic N) is 2. The van der Waals surface area contributed by atoms with Gasteiger partial charge < -0.3 is 10.1 Å². The van der Waals surface area contributed by atoms with Crippen LogP contribution in [-0.4, -0.2) is 40.7 Å². The van der Waals surface area contributed by atoms with E-state index >= 15 is 0 Å². The summed E-state index contributed by atoms with van der Waals surface area (Å²) in [4.78, 5) is 26.1. The van der Waals surface area contributed by atoms with Crippen LogP contribution >= 0.6 is 11.3 Å². The molecule has 27 heavy (non-hydrogen) atoms. The van der Waals surface area contributed by atoms with Crippen molar-refractivity contribution in [2.24, 2.45) is 0 Å². The first kappa shape index (κ1) is 19.8. The highest BCUT2D eigenvalue weighted by molar-refractivity contribution is 7.07. The first-order valence-electron chi connectivity index (χ1n) is 9.28. The van der Waals surface area contributed by atoms with Gasteiger partial charge in [0.2, 0.25) is 5.91 Å². The van der Waals surface area contributed by atoms with Gasteiger partial charge in [-0.3, -0.25) is 19.1 Å². The number of hydrogen-bond acceptors (Lipinski definition) is 5. The number of aryl methyl sites for hydroxylation is 1. The molecule has 1 saturated heterocycles. The van der Waals surface area contributed by atoms with Gasteiger partial charge in [-0.25, -0.2) is 0 Å². The summed E-state index contributed by atoms with van der Waals surface area (Å²) in [7, 11) is 0. The molecule has 0 saturated carbocycles. The molecule has 0 bridgehead atoms. The molecule has 2 aromatic rings. The monoisotopic (exact) mass is 389 g/mol. The predicted molar refractivity (Wildman–Crippen MR) is 107 cm³/mol. The maximum Gasteiger partial charge on any atom is 0.307 e. The van der Waals surface area contributed by atoms with Gasteiger partial charge in [-0.15, -0.1) is 0 Å². The molecule has 6 nitrogen and oxygen atoms in total. The maximum absolute atomic E-state index is 12.1. The van der Waals surface area contributed by atoms with Gasteiger partial charge in [0.05, 0.1) is 12.2 Å². The van der Waals surface area contributed by atoms with Crippen molar-refractivity contribution in [3.63, 3.8) is 0 Å². The summed E-state index contributed by atoms with van der Waals surface area (Å²) in [5.74, 6) is -0.154. The molecule has 0 radical (unpaired) electrons. The number of amides is 1. The Morgan fingerprint density at radius 2 is 1.81 bits per heavy atom. The number of carbonyl (C=O) groups is 1. The Morgan fingerprint density at radius 1 is 1.19 bits per heavy atom. The average Bonchev–Trinajstić information content (AvgIpc) is 2.92. The summed E-state index contributed by atoms with van der Waals surface area (Å²) in [6.07, 6.45) is 0.533. The van der Waals surface area contributed by atoms with E-state index in [4.69, 9.17) is 4.74 Å². The Balaban J connectivity index is 1.49. The van der Waals surface area contributed by atoms with Gasteiger partial charge in [-0.2, -0.15) is 0 Å². The second-order valence-corrected chi connectivity index (χ2v) is 8.09. The molecule has 3 rings (SSSR count). The average molecular weight is 390 g/mol. The molecule has 7 heteroatoms. The number of aromatic nitrogens is 1. The maximum atomic E-state index is 12.1. The van der Waals surface area contributed by atoms with Gasteiger partial charge in [0.15, 0.2) is 0 Å². The SMILES string of the molecule is Cc1csc(=O)n1CC(=O)NCc1ccc(CN2CC(C)OC(C)C2)cc1. The molecule has 1 aromatic carbocycles. The molecule has 1 fully saturated rings. The minimum absolute atomic E-state index is 0.0691. The number of carbonyl (C=O) groups excluding carboxylic acids is 1. The minimum atomic E-state index is -0.154. The van der Waals surface area contributed by atoms with E-state index in [1.165, 1.54) is 10.1 Å². The lowest BCUT2D eigenvalue weighted by molar-refractivity contribution is -0.121. The number of rotatable bonds is 6. The molecule has 146 valence electrons. The molecule has 1 aliphatic heterocycles. The number of benzene rings is 1. The van der Waals surface area contributed by atoms with Crippen molar-refractivity contribution in [2.75, 3.05) is 13.1 Å². The third-order valence-corrected chi connectivity index (χ3v) is 5.57. The predicted octanol–water partition coefficient (Wildman–Crippen LogP) is 2.14. The first-order chi connectivity index (χ1) is 12.9. The Hall–Kier alpha value is -1.96. The molecule has 0 spiro atoms. The van der Waals surface area contributed by atoms with Crippen LogP contribution in [0.25, 0.3) is 0 Å². The van der Waals surface area contributed by atoms with Crippen molar-refractivity contribution in [3.05, 3.63) is 56.1 Å². The number of morpholine rings is 1. The van der Waals surface area contributed by atoms with Crippen molar-refractivity contribution in [2.45, 2.75) is 52.6 Å². The molecule has 0 aliphatic carbocycles. The van der Waals surface area contributed by atoms with E-state index in [-0.39, 0.29) is 29.5 Å². The van der Waals surface area contributed by atoms with E-state index in [1.807, 2.05) is 19.1 Å². The van der Waals surface area contributed by atoms with Crippen LogP contribution in [0.5, 0.6) is 0 Å². The van der Waals surface area contributed by atoms with Crippen LogP contribution < -0.4 is 10.2 Å². The highest BCUT2D eigenvalue weighted by atomic mass is 32.1. The molecule has 2 unspecified atom stereocenters. The largest absolute Gasteiger partial charge is 0.373 e. The van der Waals surface area contributed by atoms with E-state index in [0.29, 0.717) is 6.54 Å². The Bertz CT molecular complexity index is 818. The van der Waals surface area contributed by atoms with E-state index in [9.17, 15) is 9.59 Å². The fourth-order valence-corrected chi connectivity index (χ4v) is 4.16. The fraction of sp³-hybridized carbons (Fsp3) is 0.500. The molecule has 1 aromatic heterocycles.